The van der Waals surface area contributed by atoms with E-state index in [1.54, 1.807) is 0 Å². The lowest BCUT2D eigenvalue weighted by molar-refractivity contribution is -0.170. The Hall–Kier alpha value is -1.06. The molecule has 0 bridgehead atoms. The lowest BCUT2D eigenvalue weighted by Gasteiger charge is -2.33. The van der Waals surface area contributed by atoms with Crippen LogP contribution in [0.1, 0.15) is 98.8 Å². The fourth-order valence-electron chi connectivity index (χ4n) is 3.72. The number of esters is 2. The topological polar surface area (TPSA) is 52.6 Å². The monoisotopic (exact) mass is 354 g/mol. The van der Waals surface area contributed by atoms with E-state index in [-0.39, 0.29) is 30.1 Å². The van der Waals surface area contributed by atoms with E-state index in [0.717, 1.165) is 19.3 Å². The molecule has 1 aliphatic heterocycles. The van der Waals surface area contributed by atoms with Crippen LogP contribution in [0.3, 0.4) is 0 Å². The van der Waals surface area contributed by atoms with Gasteiger partial charge in [-0.25, -0.2) is 0 Å². The van der Waals surface area contributed by atoms with Gasteiger partial charge >= 0.3 is 11.9 Å². The van der Waals surface area contributed by atoms with Crippen molar-refractivity contribution in [2.24, 2.45) is 11.3 Å². The molecule has 0 radical (unpaired) electrons. The number of ether oxygens (including phenoxy) is 2. The summed E-state index contributed by atoms with van der Waals surface area (Å²) >= 11 is 0. The molecule has 1 rings (SSSR count). The Bertz CT molecular complexity index is 420. The van der Waals surface area contributed by atoms with Crippen LogP contribution >= 0.6 is 0 Å². The van der Waals surface area contributed by atoms with E-state index >= 15 is 0 Å². The predicted octanol–water partition coefficient (Wildman–Crippen LogP) is 5.43. The molecule has 1 fully saturated rings. The highest BCUT2D eigenvalue weighted by molar-refractivity contribution is 5.79. The zero-order chi connectivity index (χ0) is 18.9. The van der Waals surface area contributed by atoms with Crippen molar-refractivity contribution in [3.05, 3.63) is 0 Å². The summed E-state index contributed by atoms with van der Waals surface area (Å²) in [5.74, 6) is -0.627. The third-order valence-corrected chi connectivity index (χ3v) is 5.27. The third-order valence-electron chi connectivity index (χ3n) is 5.27. The standard InChI is InChI=1S/C21H38O4/c1-6-7-8-9-10-11-12-13-21(5)15-16(2)19(22)24-17(3)14-18(4)25-20(21)23/h16-18H,6-15H2,1-5H3/t16?,17-,18-,21?/m1/s1. The van der Waals surface area contributed by atoms with Crippen molar-refractivity contribution >= 4 is 11.9 Å². The number of hydrogen-bond donors (Lipinski definition) is 0. The molecule has 0 amide bonds. The van der Waals surface area contributed by atoms with Gasteiger partial charge < -0.3 is 9.47 Å². The molecule has 1 saturated heterocycles. The zero-order valence-corrected chi connectivity index (χ0v) is 16.9. The molecule has 0 aliphatic carbocycles. The quantitative estimate of drug-likeness (QED) is 0.431. The average molecular weight is 355 g/mol. The number of cyclic esters (lactones) is 2. The number of carbonyl (C=O) groups excluding carboxylic acids is 2. The largest absolute Gasteiger partial charge is 0.462 e. The van der Waals surface area contributed by atoms with Crippen molar-refractivity contribution in [1.82, 2.24) is 0 Å². The van der Waals surface area contributed by atoms with Gasteiger partial charge in [0.2, 0.25) is 0 Å². The Labute approximate surface area is 154 Å². The minimum Gasteiger partial charge on any atom is -0.462 e. The van der Waals surface area contributed by atoms with Gasteiger partial charge in [0.1, 0.15) is 12.2 Å². The van der Waals surface area contributed by atoms with Crippen molar-refractivity contribution < 1.29 is 19.1 Å². The smallest absolute Gasteiger partial charge is 0.312 e. The van der Waals surface area contributed by atoms with E-state index in [2.05, 4.69) is 6.92 Å². The molecular formula is C21H38O4. The van der Waals surface area contributed by atoms with Gasteiger partial charge in [0, 0.05) is 6.42 Å². The minimum atomic E-state index is -0.601. The van der Waals surface area contributed by atoms with E-state index in [1.807, 2.05) is 27.7 Å². The van der Waals surface area contributed by atoms with Crippen molar-refractivity contribution in [3.63, 3.8) is 0 Å². The SMILES string of the molecule is CCCCCCCCCC1(C)CC(C)C(=O)O[C@H](C)C[C@@H](C)OC1=O. The third kappa shape index (κ3) is 7.79. The Morgan fingerprint density at radius 3 is 2.12 bits per heavy atom. The highest BCUT2D eigenvalue weighted by Gasteiger charge is 2.39. The molecule has 0 aromatic heterocycles. The van der Waals surface area contributed by atoms with E-state index in [9.17, 15) is 9.59 Å². The summed E-state index contributed by atoms with van der Waals surface area (Å²) in [6, 6.07) is 0. The summed E-state index contributed by atoms with van der Waals surface area (Å²) in [6.07, 6.45) is 9.88. The molecule has 0 aromatic rings. The second-order valence-corrected chi connectivity index (χ2v) is 8.24. The van der Waals surface area contributed by atoms with E-state index < -0.39 is 5.41 Å². The van der Waals surface area contributed by atoms with Crippen LogP contribution in [0.15, 0.2) is 0 Å². The van der Waals surface area contributed by atoms with Crippen molar-refractivity contribution in [2.75, 3.05) is 0 Å². The van der Waals surface area contributed by atoms with Crippen LogP contribution in [0.4, 0.5) is 0 Å². The summed E-state index contributed by atoms with van der Waals surface area (Å²) in [7, 11) is 0. The minimum absolute atomic E-state index is 0.153. The van der Waals surface area contributed by atoms with Gasteiger partial charge in [-0.2, -0.15) is 0 Å². The summed E-state index contributed by atoms with van der Waals surface area (Å²) in [4.78, 5) is 25.0. The van der Waals surface area contributed by atoms with Crippen molar-refractivity contribution in [3.8, 4) is 0 Å². The molecule has 1 heterocycles. The summed E-state index contributed by atoms with van der Waals surface area (Å²) in [5.41, 5.74) is -0.601. The van der Waals surface area contributed by atoms with Crippen LogP contribution in [0.5, 0.6) is 0 Å². The molecule has 1 aliphatic rings. The average Bonchev–Trinajstić information content (AvgIpc) is 2.52. The first-order valence-electron chi connectivity index (χ1n) is 10.2. The van der Waals surface area contributed by atoms with Gasteiger partial charge in [-0.1, -0.05) is 58.8 Å². The van der Waals surface area contributed by atoms with Gasteiger partial charge in [0.15, 0.2) is 0 Å². The molecule has 0 aromatic carbocycles. The van der Waals surface area contributed by atoms with Crippen LogP contribution in [-0.4, -0.2) is 24.1 Å². The van der Waals surface area contributed by atoms with Crippen LogP contribution < -0.4 is 0 Å². The maximum atomic E-state index is 12.8. The number of unbranched alkanes of at least 4 members (excludes halogenated alkanes) is 6. The lowest BCUT2D eigenvalue weighted by Crippen LogP contribution is -2.38. The Balaban J connectivity index is 2.61. The lowest BCUT2D eigenvalue weighted by atomic mass is 9.77. The number of rotatable bonds is 8. The van der Waals surface area contributed by atoms with Crippen LogP contribution in [0, 0.1) is 11.3 Å². The van der Waals surface area contributed by atoms with Crippen LogP contribution in [-0.2, 0) is 19.1 Å². The Morgan fingerprint density at radius 1 is 0.920 bits per heavy atom. The Morgan fingerprint density at radius 2 is 1.48 bits per heavy atom. The van der Waals surface area contributed by atoms with E-state index in [4.69, 9.17) is 9.47 Å². The molecule has 4 atom stereocenters. The van der Waals surface area contributed by atoms with Gasteiger partial charge in [-0.3, -0.25) is 9.59 Å². The van der Waals surface area contributed by atoms with E-state index in [0.29, 0.717) is 12.8 Å². The molecule has 0 spiro atoms. The Kier molecular flexibility index (Phi) is 9.52. The predicted molar refractivity (Wildman–Crippen MR) is 100 cm³/mol. The first kappa shape index (κ1) is 22.0. The van der Waals surface area contributed by atoms with Crippen molar-refractivity contribution in [1.29, 1.82) is 0 Å². The molecule has 4 nitrogen and oxygen atoms in total. The van der Waals surface area contributed by atoms with Crippen molar-refractivity contribution in [2.45, 2.75) is 111 Å². The molecule has 4 heteroatoms. The summed E-state index contributed by atoms with van der Waals surface area (Å²) < 4.78 is 11.2. The first-order chi connectivity index (χ1) is 11.8. The maximum absolute atomic E-state index is 12.8. The van der Waals surface area contributed by atoms with Gasteiger partial charge in [-0.05, 0) is 33.6 Å². The highest BCUT2D eigenvalue weighted by atomic mass is 16.6. The van der Waals surface area contributed by atoms with Crippen LogP contribution in [0.2, 0.25) is 0 Å². The normalized spacial score (nSPS) is 31.3. The molecule has 0 N–H and O–H groups in total. The fraction of sp³-hybridized carbons (Fsp3) is 0.905. The molecule has 2 unspecified atom stereocenters. The molecule has 25 heavy (non-hydrogen) atoms. The second kappa shape index (κ2) is 10.8. The molecule has 146 valence electrons. The van der Waals surface area contributed by atoms with Gasteiger partial charge in [0.25, 0.3) is 0 Å². The van der Waals surface area contributed by atoms with E-state index in [1.165, 1.54) is 32.1 Å². The zero-order valence-electron chi connectivity index (χ0n) is 16.9. The van der Waals surface area contributed by atoms with Crippen LogP contribution in [0.25, 0.3) is 0 Å². The summed E-state index contributed by atoms with van der Waals surface area (Å²) in [6.45, 7) is 9.76. The summed E-state index contributed by atoms with van der Waals surface area (Å²) in [5, 5.41) is 0. The number of carbonyl (C=O) groups is 2. The highest BCUT2D eigenvalue weighted by Crippen LogP contribution is 2.36. The van der Waals surface area contributed by atoms with Gasteiger partial charge in [0.05, 0.1) is 11.3 Å². The molecule has 0 saturated carbocycles. The van der Waals surface area contributed by atoms with Gasteiger partial charge in [-0.15, -0.1) is 0 Å². The molecular weight excluding hydrogens is 316 g/mol. The first-order valence-corrected chi connectivity index (χ1v) is 10.2. The fourth-order valence-corrected chi connectivity index (χ4v) is 3.72. The number of hydrogen-bond acceptors (Lipinski definition) is 4. The maximum Gasteiger partial charge on any atom is 0.312 e. The second-order valence-electron chi connectivity index (χ2n) is 8.24.